The van der Waals surface area contributed by atoms with E-state index < -0.39 is 0 Å². The van der Waals surface area contributed by atoms with Crippen LogP contribution in [0, 0.1) is 13.8 Å². The number of carbonyl (C=O) groups excluding carboxylic acids is 2. The third-order valence-corrected chi connectivity index (χ3v) is 5.95. The predicted octanol–water partition coefficient (Wildman–Crippen LogP) is 5.38. The molecule has 3 heterocycles. The van der Waals surface area contributed by atoms with Crippen molar-refractivity contribution in [3.8, 4) is 5.69 Å². The first-order chi connectivity index (χ1) is 13.9. The summed E-state index contributed by atoms with van der Waals surface area (Å²) in [6.45, 7) is 4.22. The van der Waals surface area contributed by atoms with Crippen LogP contribution in [0.25, 0.3) is 11.8 Å². The van der Waals surface area contributed by atoms with Gasteiger partial charge in [-0.05, 0) is 73.1 Å². The van der Waals surface area contributed by atoms with E-state index in [-0.39, 0.29) is 17.7 Å². The molecule has 2 amide bonds. The molecule has 0 aliphatic carbocycles. The van der Waals surface area contributed by atoms with Gasteiger partial charge in [-0.3, -0.25) is 19.5 Å². The normalized spacial score (nSPS) is 15.6. The molecule has 0 spiro atoms. The Morgan fingerprint density at radius 3 is 2.59 bits per heavy atom. The Morgan fingerprint density at radius 2 is 1.90 bits per heavy atom. The van der Waals surface area contributed by atoms with Crippen molar-refractivity contribution in [2.45, 2.75) is 20.4 Å². The number of rotatable bonds is 4. The van der Waals surface area contributed by atoms with Gasteiger partial charge in [0.15, 0.2) is 0 Å². The van der Waals surface area contributed by atoms with E-state index in [4.69, 9.17) is 11.6 Å². The van der Waals surface area contributed by atoms with Crippen molar-refractivity contribution in [3.63, 3.8) is 0 Å². The van der Waals surface area contributed by atoms with Crippen molar-refractivity contribution < 1.29 is 9.59 Å². The maximum absolute atomic E-state index is 12.8. The average Bonchev–Trinajstić information content (AvgIpc) is 3.14. The van der Waals surface area contributed by atoms with E-state index in [0.29, 0.717) is 9.93 Å². The van der Waals surface area contributed by atoms with Crippen LogP contribution in [0.2, 0.25) is 5.02 Å². The van der Waals surface area contributed by atoms with Gasteiger partial charge in [0.25, 0.3) is 11.1 Å². The second-order valence-electron chi connectivity index (χ2n) is 6.77. The van der Waals surface area contributed by atoms with E-state index in [9.17, 15) is 9.59 Å². The number of pyridine rings is 1. The summed E-state index contributed by atoms with van der Waals surface area (Å²) in [5.41, 5.74) is 4.73. The molecular weight excluding hydrogens is 406 g/mol. The molecule has 0 radical (unpaired) electrons. The zero-order valence-corrected chi connectivity index (χ0v) is 17.5. The Hall–Kier alpha value is -2.83. The van der Waals surface area contributed by atoms with Crippen LogP contribution in [0.1, 0.15) is 22.5 Å². The summed E-state index contributed by atoms with van der Waals surface area (Å²) in [6, 6.07) is 13.0. The number of imide groups is 1. The van der Waals surface area contributed by atoms with Crippen LogP contribution in [0.5, 0.6) is 0 Å². The first-order valence-electron chi connectivity index (χ1n) is 9.03. The molecule has 29 heavy (non-hydrogen) atoms. The first-order valence-corrected chi connectivity index (χ1v) is 10.2. The fourth-order valence-corrected chi connectivity index (χ4v) is 4.32. The quantitative estimate of drug-likeness (QED) is 0.528. The van der Waals surface area contributed by atoms with Crippen LogP contribution < -0.4 is 0 Å². The van der Waals surface area contributed by atoms with Gasteiger partial charge in [-0.15, -0.1) is 0 Å². The molecule has 5 nitrogen and oxygen atoms in total. The van der Waals surface area contributed by atoms with Crippen molar-refractivity contribution in [3.05, 3.63) is 87.3 Å². The van der Waals surface area contributed by atoms with Gasteiger partial charge in [0.1, 0.15) is 0 Å². The lowest BCUT2D eigenvalue weighted by Crippen LogP contribution is -2.27. The topological polar surface area (TPSA) is 55.2 Å². The number of halogens is 1. The third-order valence-electron chi connectivity index (χ3n) is 4.79. The van der Waals surface area contributed by atoms with E-state index in [2.05, 4.69) is 9.55 Å². The highest BCUT2D eigenvalue weighted by Crippen LogP contribution is 2.34. The van der Waals surface area contributed by atoms with Gasteiger partial charge in [0.05, 0.1) is 23.3 Å². The molecule has 0 unspecified atom stereocenters. The molecular formula is C22H18ClN3O2S. The van der Waals surface area contributed by atoms with E-state index in [1.807, 2.05) is 44.2 Å². The first kappa shape index (κ1) is 19.5. The van der Waals surface area contributed by atoms with Gasteiger partial charge in [-0.1, -0.05) is 23.7 Å². The number of benzene rings is 1. The van der Waals surface area contributed by atoms with Gasteiger partial charge < -0.3 is 4.57 Å². The summed E-state index contributed by atoms with van der Waals surface area (Å²) in [5, 5.41) is 0.351. The molecule has 2 aromatic heterocycles. The minimum Gasteiger partial charge on any atom is -0.316 e. The Balaban J connectivity index is 1.62. The standard InChI is InChI=1S/C22H18ClN3O2S/c1-14-10-17(15(2)26(14)19-4-3-9-24-12-19)11-20-21(27)25(22(28)29-20)13-16-5-7-18(23)8-6-16/h3-12H,13H2,1-2H3/b20-11+. The van der Waals surface area contributed by atoms with Crippen LogP contribution in [0.4, 0.5) is 4.79 Å². The Labute approximate surface area is 178 Å². The molecule has 4 rings (SSSR count). The van der Waals surface area contributed by atoms with E-state index in [1.54, 1.807) is 30.6 Å². The maximum atomic E-state index is 12.8. The highest BCUT2D eigenvalue weighted by Gasteiger charge is 2.35. The molecule has 7 heteroatoms. The Bertz CT molecular complexity index is 1120. The highest BCUT2D eigenvalue weighted by atomic mass is 35.5. The molecule has 146 valence electrons. The minimum atomic E-state index is -0.277. The van der Waals surface area contributed by atoms with Crippen LogP contribution in [0.3, 0.4) is 0 Å². The second-order valence-corrected chi connectivity index (χ2v) is 8.20. The van der Waals surface area contributed by atoms with Gasteiger partial charge >= 0.3 is 0 Å². The molecule has 1 fully saturated rings. The number of nitrogens with zero attached hydrogens (tertiary/aromatic N) is 3. The summed E-state index contributed by atoms with van der Waals surface area (Å²) >= 11 is 6.88. The van der Waals surface area contributed by atoms with Crippen molar-refractivity contribution >= 4 is 40.6 Å². The van der Waals surface area contributed by atoms with E-state index in [1.165, 1.54) is 4.90 Å². The molecule has 1 aromatic carbocycles. The zero-order valence-electron chi connectivity index (χ0n) is 15.9. The summed E-state index contributed by atoms with van der Waals surface area (Å²) in [7, 11) is 0. The number of aromatic nitrogens is 2. The fourth-order valence-electron chi connectivity index (χ4n) is 3.37. The van der Waals surface area contributed by atoms with Crippen LogP contribution in [-0.4, -0.2) is 25.6 Å². The predicted molar refractivity (Wildman–Crippen MR) is 116 cm³/mol. The van der Waals surface area contributed by atoms with Gasteiger partial charge in [0, 0.05) is 22.6 Å². The molecule has 1 saturated heterocycles. The number of amides is 2. The summed E-state index contributed by atoms with van der Waals surface area (Å²) < 4.78 is 2.08. The maximum Gasteiger partial charge on any atom is 0.293 e. The summed E-state index contributed by atoms with van der Waals surface area (Å²) in [4.78, 5) is 31.1. The molecule has 3 aromatic rings. The van der Waals surface area contributed by atoms with Gasteiger partial charge in [0.2, 0.25) is 0 Å². The minimum absolute atomic E-state index is 0.230. The Morgan fingerprint density at radius 1 is 1.14 bits per heavy atom. The summed E-state index contributed by atoms with van der Waals surface area (Å²) in [5.74, 6) is -0.277. The number of hydrogen-bond donors (Lipinski definition) is 0. The molecule has 1 aliphatic rings. The van der Waals surface area contributed by atoms with Crippen molar-refractivity contribution in [2.75, 3.05) is 0 Å². The number of thioether (sulfide) groups is 1. The summed E-state index contributed by atoms with van der Waals surface area (Å²) in [6.07, 6.45) is 5.32. The number of aryl methyl sites for hydroxylation is 1. The third kappa shape index (κ3) is 3.86. The van der Waals surface area contributed by atoms with Gasteiger partial charge in [-0.2, -0.15) is 0 Å². The SMILES string of the molecule is Cc1cc(/C=C2/SC(=O)N(Cc3ccc(Cl)cc3)C2=O)c(C)n1-c1cccnc1. The Kier molecular flexibility index (Phi) is 5.30. The lowest BCUT2D eigenvalue weighted by atomic mass is 10.2. The van der Waals surface area contributed by atoms with Crippen molar-refractivity contribution in [1.82, 2.24) is 14.5 Å². The lowest BCUT2D eigenvalue weighted by molar-refractivity contribution is -0.123. The molecule has 0 bridgehead atoms. The lowest BCUT2D eigenvalue weighted by Gasteiger charge is -2.12. The zero-order chi connectivity index (χ0) is 20.5. The van der Waals surface area contributed by atoms with Crippen LogP contribution in [-0.2, 0) is 11.3 Å². The molecule has 1 aliphatic heterocycles. The molecule has 0 saturated carbocycles. The highest BCUT2D eigenvalue weighted by molar-refractivity contribution is 8.18. The molecule has 0 atom stereocenters. The second kappa shape index (κ2) is 7.89. The van der Waals surface area contributed by atoms with Crippen LogP contribution in [0.15, 0.2) is 59.8 Å². The van der Waals surface area contributed by atoms with E-state index >= 15 is 0 Å². The van der Waals surface area contributed by atoms with Crippen molar-refractivity contribution in [2.24, 2.45) is 0 Å². The fraction of sp³-hybridized carbons (Fsp3) is 0.136. The van der Waals surface area contributed by atoms with E-state index in [0.717, 1.165) is 40.0 Å². The van der Waals surface area contributed by atoms with Crippen LogP contribution >= 0.6 is 23.4 Å². The largest absolute Gasteiger partial charge is 0.316 e. The number of hydrogen-bond acceptors (Lipinski definition) is 4. The number of carbonyl (C=O) groups is 2. The molecule has 0 N–H and O–H groups in total. The monoisotopic (exact) mass is 423 g/mol. The van der Waals surface area contributed by atoms with Gasteiger partial charge in [-0.25, -0.2) is 0 Å². The average molecular weight is 424 g/mol. The van der Waals surface area contributed by atoms with Crippen molar-refractivity contribution in [1.29, 1.82) is 0 Å². The smallest absolute Gasteiger partial charge is 0.293 e.